The van der Waals surface area contributed by atoms with Gasteiger partial charge < -0.3 is 5.73 Å². The zero-order valence-corrected chi connectivity index (χ0v) is 11.5. The van der Waals surface area contributed by atoms with Crippen LogP contribution in [0.1, 0.15) is 30.0 Å². The first-order valence-electron chi connectivity index (χ1n) is 6.64. The molecule has 0 heterocycles. The summed E-state index contributed by atoms with van der Waals surface area (Å²) in [7, 11) is 0. The minimum Gasteiger partial charge on any atom is -0.321 e. The van der Waals surface area contributed by atoms with Crippen molar-refractivity contribution in [3.63, 3.8) is 0 Å². The third kappa shape index (κ3) is 3.02. The van der Waals surface area contributed by atoms with Crippen molar-refractivity contribution < 1.29 is 4.39 Å². The van der Waals surface area contributed by atoms with Gasteiger partial charge in [-0.25, -0.2) is 4.39 Å². The number of benzene rings is 2. The smallest absolute Gasteiger partial charge is 0.128 e. The molecule has 2 N–H and O–H groups in total. The molecule has 100 valence electrons. The highest BCUT2D eigenvalue weighted by Crippen LogP contribution is 2.28. The molecule has 0 amide bonds. The Morgan fingerprint density at radius 3 is 2.47 bits per heavy atom. The summed E-state index contributed by atoms with van der Waals surface area (Å²) in [5, 5.41) is 0. The van der Waals surface area contributed by atoms with Gasteiger partial charge >= 0.3 is 0 Å². The lowest BCUT2D eigenvalue weighted by Gasteiger charge is -2.29. The summed E-state index contributed by atoms with van der Waals surface area (Å²) in [6.07, 6.45) is 1.34. The van der Waals surface area contributed by atoms with E-state index in [9.17, 15) is 4.39 Å². The van der Waals surface area contributed by atoms with Crippen molar-refractivity contribution in [1.29, 1.82) is 0 Å². The molecule has 0 spiro atoms. The van der Waals surface area contributed by atoms with Crippen molar-refractivity contribution in [1.82, 2.24) is 0 Å². The van der Waals surface area contributed by atoms with Gasteiger partial charge in [-0.1, -0.05) is 55.0 Å². The largest absolute Gasteiger partial charge is 0.321 e. The normalized spacial score (nSPS) is 14.1. The first-order chi connectivity index (χ1) is 9.05. The van der Waals surface area contributed by atoms with Crippen molar-refractivity contribution in [3.8, 4) is 0 Å². The van der Waals surface area contributed by atoms with Crippen LogP contribution < -0.4 is 5.73 Å². The van der Waals surface area contributed by atoms with Gasteiger partial charge in [0.25, 0.3) is 0 Å². The van der Waals surface area contributed by atoms with Crippen LogP contribution >= 0.6 is 0 Å². The highest BCUT2D eigenvalue weighted by molar-refractivity contribution is 5.31. The van der Waals surface area contributed by atoms with E-state index in [0.29, 0.717) is 18.4 Å². The van der Waals surface area contributed by atoms with Crippen molar-refractivity contribution in [2.45, 2.75) is 32.2 Å². The third-order valence-corrected chi connectivity index (χ3v) is 3.64. The summed E-state index contributed by atoms with van der Waals surface area (Å²) in [6.45, 7) is 4.05. The second-order valence-corrected chi connectivity index (χ2v) is 5.16. The summed E-state index contributed by atoms with van der Waals surface area (Å²) in [4.78, 5) is 0. The van der Waals surface area contributed by atoms with Crippen LogP contribution in [0, 0.1) is 12.7 Å². The number of hydrogen-bond acceptors (Lipinski definition) is 1. The Kier molecular flexibility index (Phi) is 4.01. The molecule has 0 saturated heterocycles. The molecule has 19 heavy (non-hydrogen) atoms. The molecular weight excluding hydrogens is 237 g/mol. The fourth-order valence-corrected chi connectivity index (χ4v) is 2.46. The predicted octanol–water partition coefficient (Wildman–Crippen LogP) is 3.94. The van der Waals surface area contributed by atoms with E-state index < -0.39 is 5.54 Å². The summed E-state index contributed by atoms with van der Waals surface area (Å²) in [6, 6.07) is 15.0. The van der Waals surface area contributed by atoms with E-state index in [0.717, 1.165) is 5.56 Å². The van der Waals surface area contributed by atoms with Gasteiger partial charge in [-0.3, -0.25) is 0 Å². The van der Waals surface area contributed by atoms with Gasteiger partial charge in [-0.05, 0) is 31.4 Å². The van der Waals surface area contributed by atoms with Crippen LogP contribution in [0.3, 0.4) is 0 Å². The van der Waals surface area contributed by atoms with Crippen LogP contribution in [0.25, 0.3) is 0 Å². The van der Waals surface area contributed by atoms with Crippen LogP contribution in [-0.4, -0.2) is 0 Å². The molecule has 2 aromatic carbocycles. The quantitative estimate of drug-likeness (QED) is 0.882. The minimum absolute atomic E-state index is 0.223. The monoisotopic (exact) mass is 257 g/mol. The summed E-state index contributed by atoms with van der Waals surface area (Å²) in [5.74, 6) is -0.223. The number of aryl methyl sites for hydroxylation is 1. The summed E-state index contributed by atoms with van der Waals surface area (Å²) < 4.78 is 14.0. The molecule has 1 atom stereocenters. The van der Waals surface area contributed by atoms with Gasteiger partial charge in [0.15, 0.2) is 0 Å². The van der Waals surface area contributed by atoms with Gasteiger partial charge in [0.2, 0.25) is 0 Å². The molecule has 0 aromatic heterocycles. The van der Waals surface area contributed by atoms with Gasteiger partial charge in [-0.2, -0.15) is 0 Å². The van der Waals surface area contributed by atoms with Crippen molar-refractivity contribution in [2.75, 3.05) is 0 Å². The lowest BCUT2D eigenvalue weighted by Crippen LogP contribution is -2.39. The van der Waals surface area contributed by atoms with Crippen molar-refractivity contribution in [2.24, 2.45) is 5.73 Å². The Morgan fingerprint density at radius 2 is 1.84 bits per heavy atom. The predicted molar refractivity (Wildman–Crippen MR) is 77.4 cm³/mol. The van der Waals surface area contributed by atoms with E-state index in [2.05, 4.69) is 19.1 Å². The molecule has 0 aliphatic carbocycles. The molecule has 2 heteroatoms. The van der Waals surface area contributed by atoms with E-state index in [1.165, 1.54) is 11.6 Å². The molecule has 1 unspecified atom stereocenters. The van der Waals surface area contributed by atoms with Gasteiger partial charge in [0, 0.05) is 11.1 Å². The molecule has 1 nitrogen and oxygen atoms in total. The second-order valence-electron chi connectivity index (χ2n) is 5.16. The number of nitrogens with two attached hydrogens (primary N) is 1. The van der Waals surface area contributed by atoms with Gasteiger partial charge in [0.1, 0.15) is 5.82 Å². The Balaban J connectivity index is 2.36. The molecule has 2 aromatic rings. The standard InChI is InChI=1S/C17H20FN/c1-3-17(19,15-9-4-5-10-16(15)18)12-14-8-6-7-13(2)11-14/h4-11H,3,12,19H2,1-2H3. The first-order valence-corrected chi connectivity index (χ1v) is 6.64. The molecule has 0 aliphatic rings. The van der Waals surface area contributed by atoms with E-state index >= 15 is 0 Å². The van der Waals surface area contributed by atoms with Gasteiger partial charge in [-0.15, -0.1) is 0 Å². The number of rotatable bonds is 4. The van der Waals surface area contributed by atoms with Crippen molar-refractivity contribution in [3.05, 3.63) is 71.0 Å². The summed E-state index contributed by atoms with van der Waals surface area (Å²) >= 11 is 0. The molecule has 0 aliphatic heterocycles. The number of halogens is 1. The minimum atomic E-state index is -0.654. The maximum absolute atomic E-state index is 14.0. The Hall–Kier alpha value is -1.67. The van der Waals surface area contributed by atoms with Crippen LogP contribution in [-0.2, 0) is 12.0 Å². The zero-order valence-electron chi connectivity index (χ0n) is 11.5. The van der Waals surface area contributed by atoms with Crippen LogP contribution in [0.4, 0.5) is 4.39 Å². The summed E-state index contributed by atoms with van der Waals surface area (Å²) in [5.41, 5.74) is 8.75. The lowest BCUT2D eigenvalue weighted by molar-refractivity contribution is 0.402. The second kappa shape index (κ2) is 5.54. The molecule has 0 bridgehead atoms. The Labute approximate surface area is 114 Å². The van der Waals surface area contributed by atoms with E-state index in [1.807, 2.05) is 25.1 Å². The van der Waals surface area contributed by atoms with E-state index in [-0.39, 0.29) is 5.82 Å². The van der Waals surface area contributed by atoms with Crippen LogP contribution in [0.15, 0.2) is 48.5 Å². The molecule has 0 radical (unpaired) electrons. The fourth-order valence-electron chi connectivity index (χ4n) is 2.46. The van der Waals surface area contributed by atoms with Crippen LogP contribution in [0.5, 0.6) is 0 Å². The Bertz CT molecular complexity index is 565. The van der Waals surface area contributed by atoms with E-state index in [1.54, 1.807) is 12.1 Å². The maximum Gasteiger partial charge on any atom is 0.128 e. The molecule has 0 saturated carbocycles. The molecule has 0 fully saturated rings. The number of hydrogen-bond donors (Lipinski definition) is 1. The lowest BCUT2D eigenvalue weighted by atomic mass is 9.82. The fraction of sp³-hybridized carbons (Fsp3) is 0.294. The third-order valence-electron chi connectivity index (χ3n) is 3.64. The first kappa shape index (κ1) is 13.8. The SMILES string of the molecule is CCC(N)(Cc1cccc(C)c1)c1ccccc1F. The molecular formula is C17H20FN. The zero-order chi connectivity index (χ0) is 13.9. The topological polar surface area (TPSA) is 26.0 Å². The highest BCUT2D eigenvalue weighted by Gasteiger charge is 2.28. The Morgan fingerprint density at radius 1 is 1.11 bits per heavy atom. The average Bonchev–Trinajstić information content (AvgIpc) is 2.39. The van der Waals surface area contributed by atoms with E-state index in [4.69, 9.17) is 5.73 Å². The average molecular weight is 257 g/mol. The molecule has 2 rings (SSSR count). The van der Waals surface area contributed by atoms with Crippen LogP contribution in [0.2, 0.25) is 0 Å². The maximum atomic E-state index is 14.0. The van der Waals surface area contributed by atoms with Crippen molar-refractivity contribution >= 4 is 0 Å². The van der Waals surface area contributed by atoms with Gasteiger partial charge in [0.05, 0.1) is 0 Å². The highest BCUT2D eigenvalue weighted by atomic mass is 19.1.